The van der Waals surface area contributed by atoms with Crippen molar-refractivity contribution >= 4 is 50.9 Å². The summed E-state index contributed by atoms with van der Waals surface area (Å²) in [4.78, 5) is 24.2. The summed E-state index contributed by atoms with van der Waals surface area (Å²) in [7, 11) is -2.51. The van der Waals surface area contributed by atoms with Crippen LogP contribution >= 0.6 is 23.4 Å². The number of hydrogen-bond donors (Lipinski definition) is 3. The molecule has 2 aliphatic heterocycles. The topological polar surface area (TPSA) is 157 Å². The zero-order chi connectivity index (χ0) is 27.8. The number of halogens is 1. The number of carbonyl (C=O) groups excluding carboxylic acids is 1. The predicted molar refractivity (Wildman–Crippen MR) is 147 cm³/mol. The van der Waals surface area contributed by atoms with E-state index in [0.717, 1.165) is 37.9 Å². The Kier molecular flexibility index (Phi) is 7.75. The molecule has 3 aromatic rings. The van der Waals surface area contributed by atoms with Crippen LogP contribution in [-0.2, 0) is 21.8 Å². The van der Waals surface area contributed by atoms with Crippen molar-refractivity contribution in [2.45, 2.75) is 46.7 Å². The van der Waals surface area contributed by atoms with Crippen LogP contribution in [0.3, 0.4) is 0 Å². The van der Waals surface area contributed by atoms with Gasteiger partial charge in [-0.25, -0.2) is 27.9 Å². The number of carbonyl (C=O) groups is 1. The molecule has 12 nitrogen and oxygen atoms in total. The van der Waals surface area contributed by atoms with Gasteiger partial charge in [-0.2, -0.15) is 5.10 Å². The Morgan fingerprint density at radius 3 is 2.62 bits per heavy atom. The number of hydrogen-bond acceptors (Lipinski definition) is 10. The quantitative estimate of drug-likeness (QED) is 0.389. The fraction of sp³-hybridized carbons (Fsp3) is 0.417. The number of nitrogens with two attached hydrogens (primary N) is 1. The highest BCUT2D eigenvalue weighted by Crippen LogP contribution is 2.42. The van der Waals surface area contributed by atoms with Gasteiger partial charge in [0.15, 0.2) is 0 Å². The van der Waals surface area contributed by atoms with E-state index in [-0.39, 0.29) is 33.2 Å². The van der Waals surface area contributed by atoms with Gasteiger partial charge in [-0.1, -0.05) is 29.4 Å². The SMILES string of the molecule is C[C@@H]1OCC2(CCN(c3cnc(Sc4cccc(NC(=O)NS(=O)(=O)c5cnn(C)c5)c4Cl)cn3)CC2)[C@@H]1N. The molecule has 208 valence electrons. The summed E-state index contributed by atoms with van der Waals surface area (Å²) in [6, 6.07) is 4.15. The highest BCUT2D eigenvalue weighted by Gasteiger charge is 2.47. The number of aryl methyl sites for hydroxylation is 1. The first-order valence-electron chi connectivity index (χ1n) is 12.3. The Balaban J connectivity index is 1.20. The third-order valence-corrected chi connectivity index (χ3v) is 9.97. The van der Waals surface area contributed by atoms with Crippen molar-refractivity contribution in [3.63, 3.8) is 0 Å². The van der Waals surface area contributed by atoms with E-state index in [1.165, 1.54) is 22.6 Å². The van der Waals surface area contributed by atoms with Crippen molar-refractivity contribution in [1.29, 1.82) is 0 Å². The lowest BCUT2D eigenvalue weighted by Gasteiger charge is -2.41. The third kappa shape index (κ3) is 5.84. The first-order chi connectivity index (χ1) is 18.6. The van der Waals surface area contributed by atoms with E-state index >= 15 is 0 Å². The number of piperidine rings is 1. The highest BCUT2D eigenvalue weighted by molar-refractivity contribution is 7.99. The monoisotopic (exact) mass is 592 g/mol. The van der Waals surface area contributed by atoms with Gasteiger partial charge in [0.05, 0.1) is 42.0 Å². The van der Waals surface area contributed by atoms with E-state index < -0.39 is 16.1 Å². The zero-order valence-electron chi connectivity index (χ0n) is 21.4. The normalized spacial score (nSPS) is 20.8. The third-order valence-electron chi connectivity index (χ3n) is 7.19. The molecule has 5 rings (SSSR count). The summed E-state index contributed by atoms with van der Waals surface area (Å²) >= 11 is 7.81. The minimum atomic E-state index is -4.08. The molecule has 2 aliphatic rings. The van der Waals surface area contributed by atoms with E-state index in [4.69, 9.17) is 22.1 Å². The average molecular weight is 593 g/mol. The Bertz CT molecular complexity index is 1460. The fourth-order valence-corrected chi connectivity index (χ4v) is 6.81. The van der Waals surface area contributed by atoms with E-state index in [1.807, 2.05) is 11.6 Å². The van der Waals surface area contributed by atoms with Crippen LogP contribution in [0.15, 0.2) is 57.8 Å². The van der Waals surface area contributed by atoms with Crippen LogP contribution in [0.5, 0.6) is 0 Å². The van der Waals surface area contributed by atoms with Gasteiger partial charge in [-0.15, -0.1) is 0 Å². The maximum absolute atomic E-state index is 12.4. The van der Waals surface area contributed by atoms with E-state index in [9.17, 15) is 13.2 Å². The van der Waals surface area contributed by atoms with E-state index in [0.29, 0.717) is 16.5 Å². The Morgan fingerprint density at radius 2 is 2.00 bits per heavy atom. The standard InChI is InChI=1S/C24H29ClN8O4S2/c1-15-22(26)24(14-37-15)6-8-33(9-7-24)19-11-28-20(12-27-19)38-18-5-3-4-17(21(18)25)30-23(34)31-39(35,36)16-10-29-32(2)13-16/h3-5,10-13,15,22H,6-9,14,26H2,1-2H3,(H2,30,31,34)/t15-,22+/m0/s1. The number of sulfonamides is 1. The molecule has 4 N–H and O–H groups in total. The van der Waals surface area contributed by atoms with E-state index in [2.05, 4.69) is 25.3 Å². The lowest BCUT2D eigenvalue weighted by atomic mass is 9.73. The number of ether oxygens (including phenoxy) is 1. The molecule has 39 heavy (non-hydrogen) atoms. The summed E-state index contributed by atoms with van der Waals surface area (Å²) in [6.45, 7) is 4.42. The van der Waals surface area contributed by atoms with Gasteiger partial charge < -0.3 is 20.7 Å². The summed E-state index contributed by atoms with van der Waals surface area (Å²) in [5.41, 5.74) is 6.71. The van der Waals surface area contributed by atoms with Crippen molar-refractivity contribution in [3.05, 3.63) is 48.0 Å². The van der Waals surface area contributed by atoms with Crippen molar-refractivity contribution in [3.8, 4) is 0 Å². The molecule has 0 unspecified atom stereocenters. The molecular formula is C24H29ClN8O4S2. The maximum Gasteiger partial charge on any atom is 0.333 e. The summed E-state index contributed by atoms with van der Waals surface area (Å²) in [5.74, 6) is 0.794. The van der Waals surface area contributed by atoms with Gasteiger partial charge in [0.1, 0.15) is 15.7 Å². The summed E-state index contributed by atoms with van der Waals surface area (Å²) in [6.07, 6.45) is 7.83. The molecule has 1 aromatic carbocycles. The second-order valence-electron chi connectivity index (χ2n) is 9.73. The van der Waals surface area contributed by atoms with Gasteiger partial charge in [0.2, 0.25) is 0 Å². The van der Waals surface area contributed by atoms with Gasteiger partial charge in [0, 0.05) is 42.7 Å². The predicted octanol–water partition coefficient (Wildman–Crippen LogP) is 2.86. The lowest BCUT2D eigenvalue weighted by Crippen LogP contribution is -2.50. The number of amides is 2. The molecule has 0 aliphatic carbocycles. The van der Waals surface area contributed by atoms with Gasteiger partial charge in [-0.05, 0) is 31.9 Å². The smallest absolute Gasteiger partial charge is 0.333 e. The molecule has 0 bridgehead atoms. The van der Waals surface area contributed by atoms with Crippen molar-refractivity contribution in [1.82, 2.24) is 24.5 Å². The Labute approximate surface area is 235 Å². The molecule has 2 saturated heterocycles. The summed E-state index contributed by atoms with van der Waals surface area (Å²) < 4.78 is 33.8. The molecule has 4 heterocycles. The molecule has 2 fully saturated rings. The number of nitrogens with zero attached hydrogens (tertiary/aromatic N) is 5. The molecule has 0 saturated carbocycles. The molecule has 15 heteroatoms. The van der Waals surface area contributed by atoms with Crippen LogP contribution in [0, 0.1) is 5.41 Å². The molecule has 2 aromatic heterocycles. The maximum atomic E-state index is 12.4. The zero-order valence-corrected chi connectivity index (χ0v) is 23.8. The van der Waals surface area contributed by atoms with Gasteiger partial charge >= 0.3 is 6.03 Å². The van der Waals surface area contributed by atoms with Gasteiger partial charge in [-0.3, -0.25) is 4.68 Å². The molecule has 2 atom stereocenters. The minimum absolute atomic E-state index is 0.0365. The second-order valence-corrected chi connectivity index (χ2v) is 12.9. The van der Waals surface area contributed by atoms with Crippen LogP contribution < -0.4 is 20.7 Å². The van der Waals surface area contributed by atoms with Crippen LogP contribution in [0.1, 0.15) is 19.8 Å². The number of aromatic nitrogens is 4. The largest absolute Gasteiger partial charge is 0.376 e. The number of rotatable bonds is 6. The van der Waals surface area contributed by atoms with Gasteiger partial charge in [0.25, 0.3) is 10.0 Å². The van der Waals surface area contributed by atoms with Crippen molar-refractivity contribution in [2.24, 2.45) is 18.2 Å². The number of benzene rings is 1. The first-order valence-corrected chi connectivity index (χ1v) is 15.0. The first kappa shape index (κ1) is 27.6. The van der Waals surface area contributed by atoms with E-state index in [1.54, 1.807) is 37.6 Å². The number of urea groups is 1. The minimum Gasteiger partial charge on any atom is -0.376 e. The van der Waals surface area contributed by atoms with Crippen LogP contribution in [0.2, 0.25) is 5.02 Å². The average Bonchev–Trinajstić information content (AvgIpc) is 3.47. The Morgan fingerprint density at radius 1 is 1.23 bits per heavy atom. The van der Waals surface area contributed by atoms with Crippen LogP contribution in [0.25, 0.3) is 0 Å². The van der Waals surface area contributed by atoms with Crippen LogP contribution in [0.4, 0.5) is 16.3 Å². The van der Waals surface area contributed by atoms with Crippen molar-refractivity contribution < 1.29 is 17.9 Å². The van der Waals surface area contributed by atoms with Crippen molar-refractivity contribution in [2.75, 3.05) is 29.9 Å². The molecule has 2 amide bonds. The molecular weight excluding hydrogens is 564 g/mol. The molecule has 0 radical (unpaired) electrons. The number of nitrogens with one attached hydrogen (secondary N) is 2. The fourth-order valence-electron chi connectivity index (χ4n) is 4.84. The lowest BCUT2D eigenvalue weighted by molar-refractivity contribution is 0.0974. The second kappa shape index (κ2) is 10.9. The highest BCUT2D eigenvalue weighted by atomic mass is 35.5. The Hall–Kier alpha value is -2.91. The number of anilines is 2. The molecule has 1 spiro atoms. The summed E-state index contributed by atoms with van der Waals surface area (Å²) in [5, 5.41) is 7.16. The van der Waals surface area contributed by atoms with Crippen LogP contribution in [-0.4, -0.2) is 66.0 Å².